The Morgan fingerprint density at radius 1 is 1.36 bits per heavy atom. The lowest BCUT2D eigenvalue weighted by Gasteiger charge is -2.29. The third-order valence-electron chi connectivity index (χ3n) is 4.54. The predicted octanol–water partition coefficient (Wildman–Crippen LogP) is 2.47. The second-order valence-electron chi connectivity index (χ2n) is 6.35. The monoisotopic (exact) mass is 366 g/mol. The third kappa shape index (κ3) is 4.83. The molecular weight excluding hydrogens is 340 g/mol. The van der Waals surface area contributed by atoms with Crippen molar-refractivity contribution in [3.63, 3.8) is 0 Å². The van der Waals surface area contributed by atoms with Crippen LogP contribution in [0.4, 0.5) is 0 Å². The summed E-state index contributed by atoms with van der Waals surface area (Å²) in [6.45, 7) is 5.91. The summed E-state index contributed by atoms with van der Waals surface area (Å²) in [6, 6.07) is 4.30. The van der Waals surface area contributed by atoms with Gasteiger partial charge in [0.1, 0.15) is 10.6 Å². The first-order valence-corrected chi connectivity index (χ1v) is 9.97. The molecule has 0 heterocycles. The smallest absolute Gasteiger partial charge is 0.251 e. The summed E-state index contributed by atoms with van der Waals surface area (Å²) >= 11 is 0. The highest BCUT2D eigenvalue weighted by atomic mass is 32.2. The zero-order valence-electron chi connectivity index (χ0n) is 14.7. The Hall–Kier alpha value is -1.86. The molecule has 0 unspecified atom stereocenters. The molecule has 25 heavy (non-hydrogen) atoms. The van der Waals surface area contributed by atoms with E-state index in [1.165, 1.54) is 19.2 Å². The molecule has 138 valence electrons. The first kappa shape index (κ1) is 19.5. The lowest BCUT2D eigenvalue weighted by atomic mass is 9.87. The highest BCUT2D eigenvalue weighted by Crippen LogP contribution is 2.29. The molecular formula is C18H26N2O4S. The van der Waals surface area contributed by atoms with Gasteiger partial charge in [-0.05, 0) is 37.0 Å². The van der Waals surface area contributed by atoms with Gasteiger partial charge < -0.3 is 10.1 Å². The maximum Gasteiger partial charge on any atom is 0.251 e. The quantitative estimate of drug-likeness (QED) is 0.726. The molecule has 1 aliphatic carbocycles. The van der Waals surface area contributed by atoms with Crippen molar-refractivity contribution in [2.24, 2.45) is 5.92 Å². The lowest BCUT2D eigenvalue weighted by molar-refractivity contribution is 0.0957. The van der Waals surface area contributed by atoms with Crippen LogP contribution in [0.25, 0.3) is 0 Å². The average molecular weight is 366 g/mol. The third-order valence-corrected chi connectivity index (χ3v) is 6.05. The minimum absolute atomic E-state index is 0.0148. The van der Waals surface area contributed by atoms with Crippen molar-refractivity contribution in [1.29, 1.82) is 0 Å². The number of methoxy groups -OCH3 is 1. The summed E-state index contributed by atoms with van der Waals surface area (Å²) in [5.74, 6) is 0.148. The van der Waals surface area contributed by atoms with Gasteiger partial charge in [0.25, 0.3) is 5.91 Å². The van der Waals surface area contributed by atoms with E-state index < -0.39 is 10.0 Å². The topological polar surface area (TPSA) is 84.5 Å². The normalized spacial score (nSPS) is 20.7. The Labute approximate surface area is 149 Å². The summed E-state index contributed by atoms with van der Waals surface area (Å²) in [5, 5.41) is 2.64. The van der Waals surface area contributed by atoms with Crippen molar-refractivity contribution >= 4 is 15.9 Å². The number of benzene rings is 1. The summed E-state index contributed by atoms with van der Waals surface area (Å²) in [4.78, 5) is 12.1. The van der Waals surface area contributed by atoms with E-state index in [9.17, 15) is 13.2 Å². The first-order valence-electron chi connectivity index (χ1n) is 8.48. The molecule has 2 rings (SSSR count). The van der Waals surface area contributed by atoms with Crippen LogP contribution in [0.3, 0.4) is 0 Å². The maximum absolute atomic E-state index is 12.9. The van der Waals surface area contributed by atoms with Gasteiger partial charge in [-0.3, -0.25) is 4.79 Å². The molecule has 0 spiro atoms. The molecule has 1 fully saturated rings. The SMILES string of the molecule is C=CCNC(=O)c1ccc(OC)c(S(=O)(=O)N[C@H]2CCCC[C@@H]2C)c1. The van der Waals surface area contributed by atoms with Gasteiger partial charge in [0.2, 0.25) is 10.0 Å². The van der Waals surface area contributed by atoms with E-state index in [2.05, 4.69) is 23.5 Å². The summed E-state index contributed by atoms with van der Waals surface area (Å²) in [7, 11) is -2.38. The van der Waals surface area contributed by atoms with Crippen molar-refractivity contribution in [2.45, 2.75) is 43.5 Å². The molecule has 0 aliphatic heterocycles. The van der Waals surface area contributed by atoms with Crippen LogP contribution in [0.5, 0.6) is 5.75 Å². The molecule has 1 saturated carbocycles. The summed E-state index contributed by atoms with van der Waals surface area (Å²) in [6.07, 6.45) is 5.53. The van der Waals surface area contributed by atoms with Gasteiger partial charge in [0.15, 0.2) is 0 Å². The van der Waals surface area contributed by atoms with Gasteiger partial charge >= 0.3 is 0 Å². The zero-order chi connectivity index (χ0) is 18.4. The number of carbonyl (C=O) groups is 1. The van der Waals surface area contributed by atoms with E-state index in [0.29, 0.717) is 6.54 Å². The molecule has 1 amide bonds. The molecule has 1 aromatic carbocycles. The summed E-state index contributed by atoms with van der Waals surface area (Å²) < 4.78 is 33.7. The van der Waals surface area contributed by atoms with Crippen molar-refractivity contribution in [1.82, 2.24) is 10.0 Å². The van der Waals surface area contributed by atoms with E-state index in [1.807, 2.05) is 0 Å². The molecule has 2 atom stereocenters. The number of rotatable bonds is 7. The molecule has 6 nitrogen and oxygen atoms in total. The Morgan fingerprint density at radius 2 is 2.08 bits per heavy atom. The van der Waals surface area contributed by atoms with Crippen LogP contribution in [0.2, 0.25) is 0 Å². The Kier molecular flexibility index (Phi) is 6.61. The van der Waals surface area contributed by atoms with Crippen LogP contribution in [-0.2, 0) is 10.0 Å². The Bertz CT molecular complexity index is 731. The fraction of sp³-hybridized carbons (Fsp3) is 0.500. The zero-order valence-corrected chi connectivity index (χ0v) is 15.6. The van der Waals surface area contributed by atoms with E-state index in [0.717, 1.165) is 25.7 Å². The number of hydrogen-bond acceptors (Lipinski definition) is 4. The maximum atomic E-state index is 12.9. The van der Waals surface area contributed by atoms with Crippen LogP contribution >= 0.6 is 0 Å². The standard InChI is InChI=1S/C18H26N2O4S/c1-4-11-19-18(21)14-9-10-16(24-3)17(12-14)25(22,23)20-15-8-6-5-7-13(15)2/h4,9-10,12-13,15,20H,1,5-8,11H2,2-3H3,(H,19,21)/t13-,15-/m0/s1. The molecule has 1 aromatic rings. The van der Waals surface area contributed by atoms with Crippen LogP contribution < -0.4 is 14.8 Å². The molecule has 0 radical (unpaired) electrons. The van der Waals surface area contributed by atoms with Crippen LogP contribution in [0.15, 0.2) is 35.7 Å². The van der Waals surface area contributed by atoms with E-state index in [4.69, 9.17) is 4.74 Å². The second-order valence-corrected chi connectivity index (χ2v) is 8.04. The minimum Gasteiger partial charge on any atom is -0.495 e. The minimum atomic E-state index is -3.79. The predicted molar refractivity (Wildman–Crippen MR) is 97.3 cm³/mol. The lowest BCUT2D eigenvalue weighted by Crippen LogP contribution is -2.41. The number of ether oxygens (including phenoxy) is 1. The van der Waals surface area contributed by atoms with Crippen molar-refractivity contribution < 1.29 is 17.9 Å². The number of nitrogens with one attached hydrogen (secondary N) is 2. The van der Waals surface area contributed by atoms with Gasteiger partial charge in [-0.1, -0.05) is 25.8 Å². The highest BCUT2D eigenvalue weighted by Gasteiger charge is 2.29. The van der Waals surface area contributed by atoms with Gasteiger partial charge in [0, 0.05) is 18.2 Å². The van der Waals surface area contributed by atoms with Crippen LogP contribution in [-0.4, -0.2) is 34.0 Å². The number of hydrogen-bond donors (Lipinski definition) is 2. The fourth-order valence-electron chi connectivity index (χ4n) is 3.05. The molecule has 2 N–H and O–H groups in total. The second kappa shape index (κ2) is 8.49. The van der Waals surface area contributed by atoms with Crippen molar-refractivity contribution in [2.75, 3.05) is 13.7 Å². The molecule has 0 bridgehead atoms. The number of sulfonamides is 1. The summed E-state index contributed by atoms with van der Waals surface area (Å²) in [5.41, 5.74) is 0.264. The average Bonchev–Trinajstić information content (AvgIpc) is 2.61. The van der Waals surface area contributed by atoms with E-state index >= 15 is 0 Å². The molecule has 0 saturated heterocycles. The van der Waals surface area contributed by atoms with Crippen LogP contribution in [0.1, 0.15) is 43.0 Å². The molecule has 0 aromatic heterocycles. The van der Waals surface area contributed by atoms with E-state index in [-0.39, 0.29) is 34.1 Å². The highest BCUT2D eigenvalue weighted by molar-refractivity contribution is 7.89. The van der Waals surface area contributed by atoms with Gasteiger partial charge in [-0.2, -0.15) is 0 Å². The fourth-order valence-corrected chi connectivity index (χ4v) is 4.62. The van der Waals surface area contributed by atoms with Crippen molar-refractivity contribution in [3.05, 3.63) is 36.4 Å². The van der Waals surface area contributed by atoms with E-state index in [1.54, 1.807) is 12.1 Å². The number of carbonyl (C=O) groups excluding carboxylic acids is 1. The van der Waals surface area contributed by atoms with Gasteiger partial charge in [0.05, 0.1) is 7.11 Å². The first-order chi connectivity index (χ1) is 11.9. The van der Waals surface area contributed by atoms with Gasteiger partial charge in [-0.15, -0.1) is 6.58 Å². The van der Waals surface area contributed by atoms with Crippen LogP contribution in [0, 0.1) is 5.92 Å². The molecule has 7 heteroatoms. The largest absolute Gasteiger partial charge is 0.495 e. The molecule has 1 aliphatic rings. The number of amides is 1. The Morgan fingerprint density at radius 3 is 2.72 bits per heavy atom. The van der Waals surface area contributed by atoms with Gasteiger partial charge in [-0.25, -0.2) is 13.1 Å². The Balaban J connectivity index is 2.30. The van der Waals surface area contributed by atoms with Crippen molar-refractivity contribution in [3.8, 4) is 5.75 Å².